The van der Waals surface area contributed by atoms with Gasteiger partial charge in [0.15, 0.2) is 0 Å². The molecular weight excluding hydrogens is 274 g/mol. The number of anilines is 1. The van der Waals surface area contributed by atoms with Gasteiger partial charge in [0.25, 0.3) is 5.91 Å². The molecule has 6 heteroatoms. The fourth-order valence-corrected chi connectivity index (χ4v) is 2.42. The molecule has 2 N–H and O–H groups in total. The van der Waals surface area contributed by atoms with E-state index in [1.54, 1.807) is 28.4 Å². The number of carbonyl (C=O) groups excluding carboxylic acids is 1. The minimum atomic E-state index is -0.194. The van der Waals surface area contributed by atoms with Gasteiger partial charge in [-0.25, -0.2) is 4.68 Å². The first-order chi connectivity index (χ1) is 9.61. The number of amides is 1. The number of thiophene rings is 1. The lowest BCUT2D eigenvalue weighted by atomic mass is 10.3. The molecule has 0 unspecified atom stereocenters. The minimum absolute atomic E-state index is 0.175. The fourth-order valence-electron chi connectivity index (χ4n) is 1.66. The van der Waals surface area contributed by atoms with Crippen molar-refractivity contribution < 1.29 is 9.90 Å². The number of aliphatic hydroxyl groups is 1. The number of nitrogens with zero attached hydrogens (tertiary/aromatic N) is 2. The molecule has 0 aromatic carbocycles. The van der Waals surface area contributed by atoms with Gasteiger partial charge in [0.1, 0.15) is 12.4 Å². The highest BCUT2D eigenvalue weighted by atomic mass is 32.1. The van der Waals surface area contributed by atoms with E-state index in [0.717, 1.165) is 4.88 Å². The highest BCUT2D eigenvalue weighted by molar-refractivity contribution is 7.10. The van der Waals surface area contributed by atoms with Gasteiger partial charge in [-0.3, -0.25) is 4.79 Å². The van der Waals surface area contributed by atoms with Gasteiger partial charge in [0.05, 0.1) is 16.6 Å². The van der Waals surface area contributed by atoms with E-state index in [0.29, 0.717) is 11.4 Å². The molecule has 0 aliphatic rings. The van der Waals surface area contributed by atoms with Crippen LogP contribution in [0.15, 0.2) is 23.7 Å². The monoisotopic (exact) mass is 289 g/mol. The maximum Gasteiger partial charge on any atom is 0.257 e. The summed E-state index contributed by atoms with van der Waals surface area (Å²) in [6.07, 6.45) is 1.65. The lowest BCUT2D eigenvalue weighted by molar-refractivity contribution is 0.102. The summed E-state index contributed by atoms with van der Waals surface area (Å²) in [6, 6.07) is 3.64. The second-order valence-electron chi connectivity index (χ2n) is 4.37. The van der Waals surface area contributed by atoms with Crippen LogP contribution < -0.4 is 5.32 Å². The van der Waals surface area contributed by atoms with Crippen LogP contribution in [-0.4, -0.2) is 27.4 Å². The molecule has 0 atom stereocenters. The van der Waals surface area contributed by atoms with Gasteiger partial charge in [-0.15, -0.1) is 11.3 Å². The Balaban J connectivity index is 2.12. The van der Waals surface area contributed by atoms with Crippen LogP contribution in [0.1, 0.15) is 35.1 Å². The Hall–Kier alpha value is -2.10. The maximum absolute atomic E-state index is 12.1. The Kier molecular flexibility index (Phi) is 4.56. The molecule has 0 saturated carbocycles. The Morgan fingerprint density at radius 3 is 3.10 bits per heavy atom. The van der Waals surface area contributed by atoms with Crippen molar-refractivity contribution in [1.82, 2.24) is 9.78 Å². The van der Waals surface area contributed by atoms with Crippen LogP contribution in [-0.2, 0) is 0 Å². The summed E-state index contributed by atoms with van der Waals surface area (Å²) in [7, 11) is 0. The molecule has 0 fully saturated rings. The third kappa shape index (κ3) is 3.26. The first kappa shape index (κ1) is 14.3. The molecule has 1 amide bonds. The van der Waals surface area contributed by atoms with E-state index in [-0.39, 0.29) is 18.6 Å². The molecule has 2 heterocycles. The average molecular weight is 289 g/mol. The number of hydrogen-bond donors (Lipinski definition) is 2. The summed E-state index contributed by atoms with van der Waals surface area (Å²) >= 11 is 1.37. The second kappa shape index (κ2) is 6.37. The van der Waals surface area contributed by atoms with Gasteiger partial charge < -0.3 is 10.4 Å². The van der Waals surface area contributed by atoms with Crippen molar-refractivity contribution in [2.24, 2.45) is 0 Å². The molecule has 0 aliphatic carbocycles. The van der Waals surface area contributed by atoms with Crippen LogP contribution in [0.25, 0.3) is 0 Å². The summed E-state index contributed by atoms with van der Waals surface area (Å²) in [4.78, 5) is 12.9. The SMILES string of the molecule is CC(C)n1nccc1NC(=O)c1csc(C#CCO)c1. The number of aliphatic hydroxyl groups excluding tert-OH is 1. The smallest absolute Gasteiger partial charge is 0.257 e. The van der Waals surface area contributed by atoms with Crippen LogP contribution in [0.5, 0.6) is 0 Å². The molecule has 104 valence electrons. The van der Waals surface area contributed by atoms with Gasteiger partial charge >= 0.3 is 0 Å². The van der Waals surface area contributed by atoms with E-state index in [9.17, 15) is 4.79 Å². The summed E-state index contributed by atoms with van der Waals surface area (Å²) in [5.41, 5.74) is 0.550. The highest BCUT2D eigenvalue weighted by Gasteiger charge is 2.12. The van der Waals surface area contributed by atoms with Crippen LogP contribution in [0.2, 0.25) is 0 Å². The zero-order valence-corrected chi connectivity index (χ0v) is 12.1. The van der Waals surface area contributed by atoms with Gasteiger partial charge in [0, 0.05) is 17.5 Å². The Morgan fingerprint density at radius 1 is 1.60 bits per heavy atom. The van der Waals surface area contributed by atoms with Crippen molar-refractivity contribution in [3.05, 3.63) is 34.2 Å². The largest absolute Gasteiger partial charge is 0.384 e. The van der Waals surface area contributed by atoms with E-state index < -0.39 is 0 Å². The zero-order valence-electron chi connectivity index (χ0n) is 11.3. The van der Waals surface area contributed by atoms with Gasteiger partial charge in [-0.1, -0.05) is 11.8 Å². The van der Waals surface area contributed by atoms with Crippen molar-refractivity contribution in [2.75, 3.05) is 11.9 Å². The van der Waals surface area contributed by atoms with Crippen LogP contribution in [0.4, 0.5) is 5.82 Å². The lowest BCUT2D eigenvalue weighted by Gasteiger charge is -2.11. The summed E-state index contributed by atoms with van der Waals surface area (Å²) < 4.78 is 1.75. The van der Waals surface area contributed by atoms with Crippen molar-refractivity contribution in [3.8, 4) is 11.8 Å². The molecule has 5 nitrogen and oxygen atoms in total. The van der Waals surface area contributed by atoms with Crippen molar-refractivity contribution in [1.29, 1.82) is 0 Å². The average Bonchev–Trinajstić information content (AvgIpc) is 3.04. The molecule has 2 aromatic rings. The highest BCUT2D eigenvalue weighted by Crippen LogP contribution is 2.17. The predicted octanol–water partition coefficient (Wildman–Crippen LogP) is 2.12. The number of carbonyl (C=O) groups is 1. The number of nitrogens with one attached hydrogen (secondary N) is 1. The molecule has 20 heavy (non-hydrogen) atoms. The second-order valence-corrected chi connectivity index (χ2v) is 5.28. The van der Waals surface area contributed by atoms with Crippen LogP contribution in [0.3, 0.4) is 0 Å². The van der Waals surface area contributed by atoms with E-state index in [2.05, 4.69) is 22.3 Å². The maximum atomic E-state index is 12.1. The van der Waals surface area contributed by atoms with E-state index in [4.69, 9.17) is 5.11 Å². The third-order valence-electron chi connectivity index (χ3n) is 2.55. The quantitative estimate of drug-likeness (QED) is 0.851. The van der Waals surface area contributed by atoms with Crippen molar-refractivity contribution in [2.45, 2.75) is 19.9 Å². The van der Waals surface area contributed by atoms with Gasteiger partial charge in [0.2, 0.25) is 0 Å². The van der Waals surface area contributed by atoms with E-state index in [1.165, 1.54) is 11.3 Å². The van der Waals surface area contributed by atoms with Crippen molar-refractivity contribution >= 4 is 23.1 Å². The molecule has 2 aromatic heterocycles. The molecule has 2 rings (SSSR count). The van der Waals surface area contributed by atoms with Crippen LogP contribution in [0, 0.1) is 11.8 Å². The molecule has 0 aliphatic heterocycles. The molecule has 0 bridgehead atoms. The number of aromatic nitrogens is 2. The summed E-state index contributed by atoms with van der Waals surface area (Å²) in [6.45, 7) is 3.80. The van der Waals surface area contributed by atoms with E-state index in [1.807, 2.05) is 13.8 Å². The predicted molar refractivity (Wildman–Crippen MR) is 78.8 cm³/mol. The molecule has 0 saturated heterocycles. The summed E-state index contributed by atoms with van der Waals surface area (Å²) in [5.74, 6) is 5.81. The van der Waals surface area contributed by atoms with Gasteiger partial charge in [-0.05, 0) is 19.9 Å². The third-order valence-corrected chi connectivity index (χ3v) is 3.40. The van der Waals surface area contributed by atoms with Gasteiger partial charge in [-0.2, -0.15) is 5.10 Å². The molecule has 0 radical (unpaired) electrons. The van der Waals surface area contributed by atoms with Crippen molar-refractivity contribution in [3.63, 3.8) is 0 Å². The topological polar surface area (TPSA) is 67.2 Å². The molecular formula is C14H15N3O2S. The molecule has 0 spiro atoms. The first-order valence-corrected chi connectivity index (χ1v) is 7.03. The summed E-state index contributed by atoms with van der Waals surface area (Å²) in [5, 5.41) is 17.4. The Labute approximate surface area is 121 Å². The van der Waals surface area contributed by atoms with E-state index >= 15 is 0 Å². The Morgan fingerprint density at radius 2 is 2.40 bits per heavy atom. The lowest BCUT2D eigenvalue weighted by Crippen LogP contribution is -2.16. The normalized spacial score (nSPS) is 10.2. The minimum Gasteiger partial charge on any atom is -0.384 e. The number of rotatable bonds is 3. The Bertz CT molecular complexity index is 661. The fraction of sp³-hybridized carbons (Fsp3) is 0.286. The zero-order chi connectivity index (χ0) is 14.5. The number of hydrogen-bond acceptors (Lipinski definition) is 4. The van der Waals surface area contributed by atoms with Crippen LogP contribution >= 0.6 is 11.3 Å². The standard InChI is InChI=1S/C14H15N3O2S/c1-10(2)17-13(5-6-15-17)16-14(19)11-8-12(20-9-11)4-3-7-18/h5-6,8-10,18H,7H2,1-2H3,(H,16,19). The first-order valence-electron chi connectivity index (χ1n) is 6.15.